The van der Waals surface area contributed by atoms with Crippen LogP contribution in [0.2, 0.25) is 0 Å². The van der Waals surface area contributed by atoms with Crippen LogP contribution >= 0.6 is 0 Å². The summed E-state index contributed by atoms with van der Waals surface area (Å²) in [5.41, 5.74) is 0.726. The molecule has 0 spiro atoms. The zero-order chi connectivity index (χ0) is 12.6. The van der Waals surface area contributed by atoms with Gasteiger partial charge in [-0.3, -0.25) is 0 Å². The van der Waals surface area contributed by atoms with Crippen LogP contribution in [0.25, 0.3) is 0 Å². The standard InChI is InChI=1S/C12H16FNO3/c1-7(15)8-3-2-4-9(13)12(8)14-5-10(16)11(17)6-14/h2-4,7,10-11,15-17H,5-6H2,1H3/t7-,10?,11?/m0/s1. The minimum Gasteiger partial charge on any atom is -0.389 e. The molecule has 1 aromatic carbocycles. The number of benzene rings is 1. The summed E-state index contributed by atoms with van der Waals surface area (Å²) in [7, 11) is 0. The van der Waals surface area contributed by atoms with Crippen molar-refractivity contribution in [1.82, 2.24) is 0 Å². The molecule has 0 bridgehead atoms. The van der Waals surface area contributed by atoms with E-state index >= 15 is 0 Å². The van der Waals surface area contributed by atoms with Gasteiger partial charge in [0.25, 0.3) is 0 Å². The van der Waals surface area contributed by atoms with E-state index in [1.54, 1.807) is 17.9 Å². The van der Waals surface area contributed by atoms with Crippen LogP contribution in [0.3, 0.4) is 0 Å². The molecule has 17 heavy (non-hydrogen) atoms. The van der Waals surface area contributed by atoms with Crippen molar-refractivity contribution >= 4 is 5.69 Å². The molecule has 0 radical (unpaired) electrons. The van der Waals surface area contributed by atoms with E-state index in [4.69, 9.17) is 0 Å². The van der Waals surface area contributed by atoms with Crippen molar-refractivity contribution in [3.05, 3.63) is 29.6 Å². The van der Waals surface area contributed by atoms with Crippen LogP contribution in [-0.2, 0) is 0 Å². The van der Waals surface area contributed by atoms with E-state index in [9.17, 15) is 19.7 Å². The summed E-state index contributed by atoms with van der Waals surface area (Å²) in [6.07, 6.45) is -2.55. The number of hydrogen-bond acceptors (Lipinski definition) is 4. The van der Waals surface area contributed by atoms with Crippen molar-refractivity contribution in [2.24, 2.45) is 0 Å². The molecule has 1 saturated heterocycles. The van der Waals surface area contributed by atoms with Gasteiger partial charge in [0.15, 0.2) is 0 Å². The van der Waals surface area contributed by atoms with E-state index in [0.29, 0.717) is 5.56 Å². The molecule has 1 aliphatic rings. The number of hydrogen-bond donors (Lipinski definition) is 3. The number of nitrogens with zero attached hydrogens (tertiary/aromatic N) is 1. The van der Waals surface area contributed by atoms with Crippen molar-refractivity contribution in [2.75, 3.05) is 18.0 Å². The van der Waals surface area contributed by atoms with Gasteiger partial charge in [0.05, 0.1) is 24.0 Å². The molecule has 1 heterocycles. The third-order valence-electron chi connectivity index (χ3n) is 3.04. The quantitative estimate of drug-likeness (QED) is 0.702. The highest BCUT2D eigenvalue weighted by atomic mass is 19.1. The Labute approximate surface area is 98.9 Å². The van der Waals surface area contributed by atoms with Crippen molar-refractivity contribution in [3.63, 3.8) is 0 Å². The number of β-amino-alcohol motifs (C(OH)–C–C–N with tert-alkyl or cyclic N) is 2. The van der Waals surface area contributed by atoms with Crippen LogP contribution in [0.1, 0.15) is 18.6 Å². The zero-order valence-electron chi connectivity index (χ0n) is 9.55. The first-order chi connectivity index (χ1) is 8.00. The Morgan fingerprint density at radius 2 is 1.88 bits per heavy atom. The van der Waals surface area contributed by atoms with Crippen LogP contribution in [0, 0.1) is 5.82 Å². The average molecular weight is 241 g/mol. The fourth-order valence-electron chi connectivity index (χ4n) is 2.15. The van der Waals surface area contributed by atoms with Gasteiger partial charge < -0.3 is 20.2 Å². The van der Waals surface area contributed by atoms with Crippen molar-refractivity contribution < 1.29 is 19.7 Å². The van der Waals surface area contributed by atoms with Crippen LogP contribution < -0.4 is 4.90 Å². The van der Waals surface area contributed by atoms with Gasteiger partial charge in [0, 0.05) is 18.7 Å². The van der Waals surface area contributed by atoms with Crippen LogP contribution in [0.5, 0.6) is 0 Å². The summed E-state index contributed by atoms with van der Waals surface area (Å²) in [5.74, 6) is -0.454. The highest BCUT2D eigenvalue weighted by Crippen LogP contribution is 2.31. The molecule has 1 aromatic rings. The van der Waals surface area contributed by atoms with Crippen LogP contribution in [0.15, 0.2) is 18.2 Å². The SMILES string of the molecule is C[C@H](O)c1cccc(F)c1N1CC(O)C(O)C1. The van der Waals surface area contributed by atoms with Gasteiger partial charge in [0.2, 0.25) is 0 Å². The summed E-state index contributed by atoms with van der Waals surface area (Å²) >= 11 is 0. The summed E-state index contributed by atoms with van der Waals surface area (Å²) in [6.45, 7) is 1.89. The Hall–Kier alpha value is -1.17. The maximum atomic E-state index is 13.8. The van der Waals surface area contributed by atoms with Crippen molar-refractivity contribution in [2.45, 2.75) is 25.2 Å². The predicted octanol–water partition coefficient (Wildman–Crippen LogP) is 0.421. The third-order valence-corrected chi connectivity index (χ3v) is 3.04. The molecule has 1 aliphatic heterocycles. The summed E-state index contributed by atoms with van der Waals surface area (Å²) < 4.78 is 13.8. The number of aliphatic hydroxyl groups excluding tert-OH is 3. The molecule has 3 atom stereocenters. The first-order valence-corrected chi connectivity index (χ1v) is 5.58. The van der Waals surface area contributed by atoms with Gasteiger partial charge >= 0.3 is 0 Å². The molecular formula is C12H16FNO3. The van der Waals surface area contributed by atoms with E-state index in [1.807, 2.05) is 0 Å². The lowest BCUT2D eigenvalue weighted by Crippen LogP contribution is -2.24. The number of rotatable bonds is 2. The topological polar surface area (TPSA) is 63.9 Å². The summed E-state index contributed by atoms with van der Waals surface area (Å²) in [4.78, 5) is 1.56. The molecule has 4 nitrogen and oxygen atoms in total. The average Bonchev–Trinajstić information content (AvgIpc) is 2.58. The zero-order valence-corrected chi connectivity index (χ0v) is 9.55. The second-order valence-corrected chi connectivity index (χ2v) is 4.39. The van der Waals surface area contributed by atoms with E-state index in [1.165, 1.54) is 12.1 Å². The number of anilines is 1. The van der Waals surface area contributed by atoms with Gasteiger partial charge in [-0.2, -0.15) is 0 Å². The van der Waals surface area contributed by atoms with E-state index in [-0.39, 0.29) is 18.8 Å². The Kier molecular flexibility index (Phi) is 3.33. The smallest absolute Gasteiger partial charge is 0.146 e. The minimum absolute atomic E-state index is 0.168. The highest BCUT2D eigenvalue weighted by molar-refractivity contribution is 5.57. The van der Waals surface area contributed by atoms with Gasteiger partial charge in [-0.05, 0) is 13.0 Å². The molecule has 2 rings (SSSR count). The highest BCUT2D eigenvalue weighted by Gasteiger charge is 2.32. The molecule has 0 amide bonds. The fraction of sp³-hybridized carbons (Fsp3) is 0.500. The van der Waals surface area contributed by atoms with Crippen molar-refractivity contribution in [1.29, 1.82) is 0 Å². The lowest BCUT2D eigenvalue weighted by Gasteiger charge is -2.23. The molecule has 1 fully saturated rings. The Bertz CT molecular complexity index is 401. The van der Waals surface area contributed by atoms with Crippen molar-refractivity contribution in [3.8, 4) is 0 Å². The molecule has 3 N–H and O–H groups in total. The number of para-hydroxylation sites is 1. The normalized spacial score (nSPS) is 26.3. The molecule has 94 valence electrons. The van der Waals surface area contributed by atoms with Gasteiger partial charge in [-0.25, -0.2) is 4.39 Å². The Morgan fingerprint density at radius 3 is 2.41 bits per heavy atom. The van der Waals surface area contributed by atoms with Gasteiger partial charge in [0.1, 0.15) is 5.82 Å². The lowest BCUT2D eigenvalue weighted by molar-refractivity contribution is 0.0572. The van der Waals surface area contributed by atoms with Gasteiger partial charge in [-0.15, -0.1) is 0 Å². The fourth-order valence-corrected chi connectivity index (χ4v) is 2.15. The molecule has 0 aliphatic carbocycles. The predicted molar refractivity (Wildman–Crippen MR) is 61.3 cm³/mol. The Morgan fingerprint density at radius 1 is 1.29 bits per heavy atom. The summed E-state index contributed by atoms with van der Waals surface area (Å²) in [5, 5.41) is 28.5. The van der Waals surface area contributed by atoms with Crippen LogP contribution in [-0.4, -0.2) is 40.6 Å². The molecule has 0 aromatic heterocycles. The molecule has 2 unspecified atom stereocenters. The maximum Gasteiger partial charge on any atom is 0.146 e. The van der Waals surface area contributed by atoms with E-state index < -0.39 is 24.1 Å². The van der Waals surface area contributed by atoms with Crippen LogP contribution in [0.4, 0.5) is 10.1 Å². The lowest BCUT2D eigenvalue weighted by atomic mass is 10.1. The minimum atomic E-state index is -0.878. The summed E-state index contributed by atoms with van der Waals surface area (Å²) in [6, 6.07) is 4.47. The molecule has 0 saturated carbocycles. The molecular weight excluding hydrogens is 225 g/mol. The molecule has 5 heteroatoms. The largest absolute Gasteiger partial charge is 0.389 e. The number of aliphatic hydroxyl groups is 3. The first-order valence-electron chi connectivity index (χ1n) is 5.58. The third kappa shape index (κ3) is 2.26. The van der Waals surface area contributed by atoms with E-state index in [2.05, 4.69) is 0 Å². The second-order valence-electron chi connectivity index (χ2n) is 4.39. The first kappa shape index (κ1) is 12.3. The van der Waals surface area contributed by atoms with E-state index in [0.717, 1.165) is 0 Å². The monoisotopic (exact) mass is 241 g/mol. The Balaban J connectivity index is 2.38. The van der Waals surface area contributed by atoms with Gasteiger partial charge in [-0.1, -0.05) is 12.1 Å². The maximum absolute atomic E-state index is 13.8. The second kappa shape index (κ2) is 4.60. The number of halogens is 1.